The van der Waals surface area contributed by atoms with E-state index in [4.69, 9.17) is 0 Å². The van der Waals surface area contributed by atoms with E-state index in [-0.39, 0.29) is 0 Å². The van der Waals surface area contributed by atoms with E-state index in [0.717, 1.165) is 5.56 Å². The SMILES string of the molecule is C[C@@H](NC(=O)C(F)(F)Cl)c1ccccc1. The standard InChI is InChI=1S/C10H10ClF2NO/c1-7(8-5-3-2-4-6-8)14-9(15)10(11,12)13/h2-7H,1H3,(H,14,15)/t7-/m1/s1. The van der Waals surface area contributed by atoms with E-state index in [1.807, 2.05) is 0 Å². The molecule has 0 spiro atoms. The highest BCUT2D eigenvalue weighted by Gasteiger charge is 2.36. The molecular formula is C10H10ClF2NO. The molecule has 0 unspecified atom stereocenters. The Morgan fingerprint density at radius 2 is 1.93 bits per heavy atom. The number of carbonyl (C=O) groups is 1. The Labute approximate surface area is 91.2 Å². The molecule has 0 heterocycles. The lowest BCUT2D eigenvalue weighted by Gasteiger charge is -2.16. The van der Waals surface area contributed by atoms with Crippen molar-refractivity contribution >= 4 is 17.5 Å². The molecule has 1 rings (SSSR count). The van der Waals surface area contributed by atoms with E-state index in [0.29, 0.717) is 0 Å². The molecule has 0 aliphatic heterocycles. The lowest BCUT2D eigenvalue weighted by Crippen LogP contribution is -2.37. The number of alkyl halides is 3. The molecule has 0 aromatic heterocycles. The Hall–Kier alpha value is -1.16. The number of amides is 1. The summed E-state index contributed by atoms with van der Waals surface area (Å²) in [6.45, 7) is 1.61. The number of carbonyl (C=O) groups excluding carboxylic acids is 1. The summed E-state index contributed by atoms with van der Waals surface area (Å²) in [5.41, 5.74) is 0.742. The van der Waals surface area contributed by atoms with Gasteiger partial charge in [0.15, 0.2) is 0 Å². The van der Waals surface area contributed by atoms with Gasteiger partial charge < -0.3 is 5.32 Å². The van der Waals surface area contributed by atoms with Crippen LogP contribution in [0.15, 0.2) is 30.3 Å². The van der Waals surface area contributed by atoms with Crippen molar-refractivity contribution < 1.29 is 13.6 Å². The number of nitrogens with one attached hydrogen (secondary N) is 1. The zero-order valence-electron chi connectivity index (χ0n) is 8.01. The molecule has 0 fully saturated rings. The Kier molecular flexibility index (Phi) is 3.63. The highest BCUT2D eigenvalue weighted by atomic mass is 35.5. The molecule has 1 aromatic carbocycles. The van der Waals surface area contributed by atoms with Gasteiger partial charge in [-0.2, -0.15) is 8.78 Å². The van der Waals surface area contributed by atoms with Gasteiger partial charge in [0.05, 0.1) is 6.04 Å². The maximum Gasteiger partial charge on any atom is 0.399 e. The Morgan fingerprint density at radius 1 is 1.40 bits per heavy atom. The molecule has 1 N–H and O–H groups in total. The zero-order valence-corrected chi connectivity index (χ0v) is 8.76. The maximum atomic E-state index is 12.3. The summed E-state index contributed by atoms with van der Waals surface area (Å²) in [5.74, 6) is -1.49. The molecule has 0 radical (unpaired) electrons. The molecule has 0 saturated heterocycles. The molecule has 0 aliphatic rings. The largest absolute Gasteiger partial charge is 0.399 e. The Bertz CT molecular complexity index is 337. The first kappa shape index (κ1) is 11.9. The molecule has 82 valence electrons. The fourth-order valence-electron chi connectivity index (χ4n) is 1.10. The van der Waals surface area contributed by atoms with Crippen molar-refractivity contribution in [1.29, 1.82) is 0 Å². The minimum absolute atomic E-state index is 0.497. The van der Waals surface area contributed by atoms with Crippen LogP contribution in [0, 0.1) is 0 Å². The molecule has 1 amide bonds. The number of hydrogen-bond donors (Lipinski definition) is 1. The first-order valence-electron chi connectivity index (χ1n) is 4.34. The predicted molar refractivity (Wildman–Crippen MR) is 53.8 cm³/mol. The first-order valence-corrected chi connectivity index (χ1v) is 4.71. The summed E-state index contributed by atoms with van der Waals surface area (Å²) < 4.78 is 24.7. The molecule has 1 atom stereocenters. The van der Waals surface area contributed by atoms with E-state index in [2.05, 4.69) is 16.9 Å². The van der Waals surface area contributed by atoms with Crippen LogP contribution < -0.4 is 5.32 Å². The van der Waals surface area contributed by atoms with Gasteiger partial charge in [-0.1, -0.05) is 30.3 Å². The van der Waals surface area contributed by atoms with E-state index < -0.39 is 17.3 Å². The zero-order chi connectivity index (χ0) is 11.5. The third-order valence-corrected chi connectivity index (χ3v) is 2.08. The minimum Gasteiger partial charge on any atom is -0.343 e. The van der Waals surface area contributed by atoms with Crippen LogP contribution in [0.3, 0.4) is 0 Å². The fraction of sp³-hybridized carbons (Fsp3) is 0.300. The molecule has 0 aliphatic carbocycles. The third-order valence-electron chi connectivity index (χ3n) is 1.90. The van der Waals surface area contributed by atoms with Crippen molar-refractivity contribution in [1.82, 2.24) is 5.32 Å². The second-order valence-corrected chi connectivity index (χ2v) is 3.58. The van der Waals surface area contributed by atoms with Crippen LogP contribution in [0.25, 0.3) is 0 Å². The van der Waals surface area contributed by atoms with Crippen LogP contribution in [0.5, 0.6) is 0 Å². The highest BCUT2D eigenvalue weighted by molar-refractivity contribution is 6.32. The molecule has 15 heavy (non-hydrogen) atoms. The van der Waals surface area contributed by atoms with Crippen molar-refractivity contribution in [3.8, 4) is 0 Å². The minimum atomic E-state index is -3.86. The lowest BCUT2D eigenvalue weighted by molar-refractivity contribution is -0.136. The van der Waals surface area contributed by atoms with Gasteiger partial charge in [-0.15, -0.1) is 0 Å². The first-order chi connectivity index (χ1) is 6.91. The van der Waals surface area contributed by atoms with Crippen molar-refractivity contribution in [2.24, 2.45) is 0 Å². The molecule has 5 heteroatoms. The molecular weight excluding hydrogens is 224 g/mol. The van der Waals surface area contributed by atoms with Crippen LogP contribution in [0.2, 0.25) is 0 Å². The van der Waals surface area contributed by atoms with Gasteiger partial charge in [0.25, 0.3) is 0 Å². The second kappa shape index (κ2) is 4.57. The summed E-state index contributed by atoms with van der Waals surface area (Å²) in [7, 11) is 0. The van der Waals surface area contributed by atoms with E-state index in [1.165, 1.54) is 0 Å². The van der Waals surface area contributed by atoms with Crippen LogP contribution in [0.1, 0.15) is 18.5 Å². The Balaban J connectivity index is 2.65. The van der Waals surface area contributed by atoms with E-state index in [9.17, 15) is 13.6 Å². The van der Waals surface area contributed by atoms with Crippen molar-refractivity contribution in [2.75, 3.05) is 0 Å². The van der Waals surface area contributed by atoms with Gasteiger partial charge in [0.1, 0.15) is 0 Å². The normalized spacial score (nSPS) is 13.3. The highest BCUT2D eigenvalue weighted by Crippen LogP contribution is 2.20. The van der Waals surface area contributed by atoms with Crippen molar-refractivity contribution in [3.05, 3.63) is 35.9 Å². The molecule has 0 bridgehead atoms. The number of hydrogen-bond acceptors (Lipinski definition) is 1. The average Bonchev–Trinajstić information content (AvgIpc) is 2.17. The third kappa shape index (κ3) is 3.47. The number of halogens is 3. The van der Waals surface area contributed by atoms with Crippen LogP contribution in [-0.4, -0.2) is 11.3 Å². The average molecular weight is 234 g/mol. The van der Waals surface area contributed by atoms with Crippen molar-refractivity contribution in [3.63, 3.8) is 0 Å². The van der Waals surface area contributed by atoms with Gasteiger partial charge in [0.2, 0.25) is 0 Å². The maximum absolute atomic E-state index is 12.3. The molecule has 0 saturated carbocycles. The van der Waals surface area contributed by atoms with Crippen LogP contribution in [0.4, 0.5) is 8.78 Å². The monoisotopic (exact) mass is 233 g/mol. The van der Waals surface area contributed by atoms with Crippen LogP contribution in [-0.2, 0) is 4.79 Å². The summed E-state index contributed by atoms with van der Waals surface area (Å²) in [6.07, 6.45) is 0. The smallest absolute Gasteiger partial charge is 0.343 e. The summed E-state index contributed by atoms with van der Waals surface area (Å²) in [4.78, 5) is 10.9. The van der Waals surface area contributed by atoms with E-state index in [1.54, 1.807) is 37.3 Å². The van der Waals surface area contributed by atoms with E-state index >= 15 is 0 Å². The quantitative estimate of drug-likeness (QED) is 0.799. The molecule has 2 nitrogen and oxygen atoms in total. The second-order valence-electron chi connectivity index (χ2n) is 3.10. The predicted octanol–water partition coefficient (Wildman–Crippen LogP) is 2.70. The van der Waals surface area contributed by atoms with Gasteiger partial charge >= 0.3 is 11.3 Å². The number of rotatable bonds is 3. The topological polar surface area (TPSA) is 29.1 Å². The fourth-order valence-corrected chi connectivity index (χ4v) is 1.16. The Morgan fingerprint density at radius 3 is 2.40 bits per heavy atom. The van der Waals surface area contributed by atoms with Gasteiger partial charge in [-0.05, 0) is 24.1 Å². The summed E-state index contributed by atoms with van der Waals surface area (Å²) in [6, 6.07) is 8.29. The van der Waals surface area contributed by atoms with Crippen LogP contribution >= 0.6 is 11.6 Å². The van der Waals surface area contributed by atoms with Gasteiger partial charge in [-0.3, -0.25) is 4.79 Å². The molecule has 1 aromatic rings. The van der Waals surface area contributed by atoms with Crippen molar-refractivity contribution in [2.45, 2.75) is 18.3 Å². The lowest BCUT2D eigenvalue weighted by atomic mass is 10.1. The number of benzene rings is 1. The van der Waals surface area contributed by atoms with Gasteiger partial charge in [-0.25, -0.2) is 0 Å². The summed E-state index contributed by atoms with van der Waals surface area (Å²) >= 11 is 4.57. The summed E-state index contributed by atoms with van der Waals surface area (Å²) in [5, 5.41) is -1.74. The van der Waals surface area contributed by atoms with Gasteiger partial charge in [0, 0.05) is 0 Å².